The summed E-state index contributed by atoms with van der Waals surface area (Å²) in [4.78, 5) is 11.2. The van der Waals surface area contributed by atoms with Gasteiger partial charge in [-0.05, 0) is 31.2 Å². The molecule has 7 heteroatoms. The zero-order chi connectivity index (χ0) is 16.3. The lowest BCUT2D eigenvalue weighted by molar-refractivity contribution is 0.112. The second-order valence-corrected chi connectivity index (χ2v) is 6.96. The molecule has 2 aromatic carbocycles. The maximum absolute atomic E-state index is 12.3. The first-order valence-electron chi connectivity index (χ1n) is 6.21. The zero-order valence-corrected chi connectivity index (χ0v) is 14.3. The van der Waals surface area contributed by atoms with Crippen LogP contribution >= 0.6 is 15.9 Å². The topological polar surface area (TPSA) is 69.7 Å². The summed E-state index contributed by atoms with van der Waals surface area (Å²) in [5.41, 5.74) is 0.996. The molecular weight excluding hydrogens is 372 g/mol. The van der Waals surface area contributed by atoms with Crippen molar-refractivity contribution in [3.63, 3.8) is 0 Å². The lowest BCUT2D eigenvalue weighted by Crippen LogP contribution is -2.12. The Morgan fingerprint density at radius 3 is 2.32 bits per heavy atom. The van der Waals surface area contributed by atoms with Gasteiger partial charge in [-0.15, -0.1) is 0 Å². The Morgan fingerprint density at radius 2 is 1.77 bits per heavy atom. The van der Waals surface area contributed by atoms with Gasteiger partial charge in [0.05, 0.1) is 12.7 Å². The Hall–Kier alpha value is -1.86. The van der Waals surface area contributed by atoms with E-state index < -0.39 is 10.1 Å². The fourth-order valence-electron chi connectivity index (χ4n) is 1.78. The summed E-state index contributed by atoms with van der Waals surface area (Å²) in [6.07, 6.45) is 0.507. The molecule has 0 atom stereocenters. The predicted molar refractivity (Wildman–Crippen MR) is 85.1 cm³/mol. The Morgan fingerprint density at radius 1 is 1.14 bits per heavy atom. The van der Waals surface area contributed by atoms with Crippen LogP contribution < -0.4 is 8.92 Å². The number of rotatable bonds is 5. The number of carbonyl (C=O) groups is 1. The van der Waals surface area contributed by atoms with Crippen molar-refractivity contribution in [3.8, 4) is 11.5 Å². The number of ether oxygens (including phenoxy) is 1. The highest BCUT2D eigenvalue weighted by molar-refractivity contribution is 9.10. The third kappa shape index (κ3) is 3.48. The van der Waals surface area contributed by atoms with E-state index in [0.717, 1.165) is 5.56 Å². The van der Waals surface area contributed by atoms with Crippen molar-refractivity contribution in [3.05, 3.63) is 52.0 Å². The molecule has 2 aromatic rings. The zero-order valence-electron chi connectivity index (χ0n) is 11.9. The van der Waals surface area contributed by atoms with Crippen molar-refractivity contribution >= 4 is 32.3 Å². The van der Waals surface area contributed by atoms with Gasteiger partial charge in [-0.1, -0.05) is 33.6 Å². The minimum atomic E-state index is -4.06. The molecule has 0 aliphatic rings. The van der Waals surface area contributed by atoms with E-state index in [9.17, 15) is 13.2 Å². The van der Waals surface area contributed by atoms with E-state index in [2.05, 4.69) is 15.9 Å². The first-order chi connectivity index (χ1) is 10.4. The van der Waals surface area contributed by atoms with Crippen molar-refractivity contribution in [2.75, 3.05) is 7.11 Å². The van der Waals surface area contributed by atoms with Gasteiger partial charge in [-0.2, -0.15) is 8.42 Å². The van der Waals surface area contributed by atoms with E-state index in [-0.39, 0.29) is 22.0 Å². The summed E-state index contributed by atoms with van der Waals surface area (Å²) in [6, 6.07) is 9.18. The number of hydrogen-bond donors (Lipinski definition) is 0. The average molecular weight is 385 g/mol. The highest BCUT2D eigenvalue weighted by atomic mass is 79.9. The van der Waals surface area contributed by atoms with Gasteiger partial charge in [0, 0.05) is 4.47 Å². The summed E-state index contributed by atoms with van der Waals surface area (Å²) in [5.74, 6) is 0.00781. The maximum atomic E-state index is 12.3. The second-order valence-electron chi connectivity index (χ2n) is 4.49. The minimum absolute atomic E-state index is 0.0000733. The molecule has 0 amide bonds. The molecule has 22 heavy (non-hydrogen) atoms. The summed E-state index contributed by atoms with van der Waals surface area (Å²) in [6.45, 7) is 1.85. The number of hydrogen-bond acceptors (Lipinski definition) is 5. The first-order valence-corrected chi connectivity index (χ1v) is 8.41. The van der Waals surface area contributed by atoms with Crippen LogP contribution in [0.1, 0.15) is 15.9 Å². The van der Waals surface area contributed by atoms with Crippen LogP contribution in [0.2, 0.25) is 0 Å². The van der Waals surface area contributed by atoms with Crippen molar-refractivity contribution in [1.82, 2.24) is 0 Å². The van der Waals surface area contributed by atoms with Crippen LogP contribution in [-0.2, 0) is 10.1 Å². The van der Waals surface area contributed by atoms with Gasteiger partial charge in [0.2, 0.25) is 0 Å². The predicted octanol–water partition coefficient (Wildman–Crippen LogP) is 3.35. The van der Waals surface area contributed by atoms with E-state index in [4.69, 9.17) is 8.92 Å². The summed E-state index contributed by atoms with van der Waals surface area (Å²) < 4.78 is 35.4. The number of aldehydes is 1. The van der Waals surface area contributed by atoms with Crippen LogP contribution in [0.4, 0.5) is 0 Å². The van der Waals surface area contributed by atoms with Gasteiger partial charge in [-0.3, -0.25) is 4.79 Å². The summed E-state index contributed by atoms with van der Waals surface area (Å²) >= 11 is 3.22. The Kier molecular flexibility index (Phi) is 4.87. The second kappa shape index (κ2) is 6.50. The summed E-state index contributed by atoms with van der Waals surface area (Å²) in [5, 5.41) is 0. The van der Waals surface area contributed by atoms with Crippen molar-refractivity contribution in [1.29, 1.82) is 0 Å². The molecule has 0 heterocycles. The van der Waals surface area contributed by atoms with Gasteiger partial charge < -0.3 is 8.92 Å². The molecule has 0 saturated carbocycles. The monoisotopic (exact) mass is 384 g/mol. The number of methoxy groups -OCH3 is 1. The quantitative estimate of drug-likeness (QED) is 0.583. The molecule has 0 aromatic heterocycles. The van der Waals surface area contributed by atoms with Crippen LogP contribution in [0.15, 0.2) is 45.8 Å². The van der Waals surface area contributed by atoms with Crippen LogP contribution in [0.3, 0.4) is 0 Å². The molecular formula is C15H13BrO5S. The highest BCUT2D eigenvalue weighted by Crippen LogP contribution is 2.35. The third-order valence-electron chi connectivity index (χ3n) is 2.90. The Labute approximate surface area is 137 Å². The largest absolute Gasteiger partial charge is 0.493 e. The van der Waals surface area contributed by atoms with E-state index in [1.807, 2.05) is 6.92 Å². The molecule has 0 aliphatic heterocycles. The van der Waals surface area contributed by atoms with E-state index in [0.29, 0.717) is 10.8 Å². The van der Waals surface area contributed by atoms with Crippen LogP contribution in [-0.4, -0.2) is 21.8 Å². The van der Waals surface area contributed by atoms with Crippen molar-refractivity contribution in [2.45, 2.75) is 11.8 Å². The SMILES string of the molecule is COc1cc(Br)cc(C=O)c1OS(=O)(=O)c1ccc(C)cc1. The third-order valence-corrected chi connectivity index (χ3v) is 4.59. The van der Waals surface area contributed by atoms with Gasteiger partial charge in [0.25, 0.3) is 0 Å². The van der Waals surface area contributed by atoms with E-state index in [1.54, 1.807) is 12.1 Å². The van der Waals surface area contributed by atoms with E-state index in [1.165, 1.54) is 31.4 Å². The van der Waals surface area contributed by atoms with Crippen molar-refractivity contribution in [2.24, 2.45) is 0 Å². The van der Waals surface area contributed by atoms with Crippen molar-refractivity contribution < 1.29 is 22.1 Å². The Bertz CT molecular complexity index is 797. The molecule has 0 bridgehead atoms. The normalized spacial score (nSPS) is 11.0. The maximum Gasteiger partial charge on any atom is 0.339 e. The molecule has 0 N–H and O–H groups in total. The molecule has 2 rings (SSSR count). The molecule has 0 saturated heterocycles. The minimum Gasteiger partial charge on any atom is -0.493 e. The fraction of sp³-hybridized carbons (Fsp3) is 0.133. The first kappa shape index (κ1) is 16.5. The van der Waals surface area contributed by atoms with Crippen LogP contribution in [0, 0.1) is 6.92 Å². The van der Waals surface area contributed by atoms with Gasteiger partial charge >= 0.3 is 10.1 Å². The number of carbonyl (C=O) groups excluding carboxylic acids is 1. The molecule has 0 aliphatic carbocycles. The highest BCUT2D eigenvalue weighted by Gasteiger charge is 2.22. The van der Waals surface area contributed by atoms with Crippen LogP contribution in [0.25, 0.3) is 0 Å². The molecule has 116 valence electrons. The van der Waals surface area contributed by atoms with Gasteiger partial charge in [0.1, 0.15) is 4.90 Å². The smallest absolute Gasteiger partial charge is 0.339 e. The average Bonchev–Trinajstić information content (AvgIpc) is 2.48. The standard InChI is InChI=1S/C15H13BrO5S/c1-10-3-5-13(6-4-10)22(18,19)21-15-11(9-17)7-12(16)8-14(15)20-2/h3-9H,1-2H3. The molecule has 0 radical (unpaired) electrons. The number of aryl methyl sites for hydroxylation is 1. The fourth-order valence-corrected chi connectivity index (χ4v) is 3.20. The van der Waals surface area contributed by atoms with Crippen LogP contribution in [0.5, 0.6) is 11.5 Å². The lowest BCUT2D eigenvalue weighted by Gasteiger charge is -2.13. The van der Waals surface area contributed by atoms with Gasteiger partial charge in [-0.25, -0.2) is 0 Å². The molecule has 5 nitrogen and oxygen atoms in total. The van der Waals surface area contributed by atoms with E-state index >= 15 is 0 Å². The molecule has 0 fully saturated rings. The number of benzene rings is 2. The number of halogens is 1. The summed E-state index contributed by atoms with van der Waals surface area (Å²) in [7, 11) is -2.70. The molecule has 0 unspecified atom stereocenters. The Balaban J connectivity index is 2.49. The lowest BCUT2D eigenvalue weighted by atomic mass is 10.2. The van der Waals surface area contributed by atoms with Gasteiger partial charge in [0.15, 0.2) is 17.8 Å². The molecule has 0 spiro atoms.